The van der Waals surface area contributed by atoms with E-state index in [-0.39, 0.29) is 0 Å². The van der Waals surface area contributed by atoms with Crippen LogP contribution >= 0.6 is 0 Å². The fourth-order valence-corrected chi connectivity index (χ4v) is 2.18. The lowest BCUT2D eigenvalue weighted by Gasteiger charge is -2.16. The van der Waals surface area contributed by atoms with Crippen molar-refractivity contribution in [2.24, 2.45) is 0 Å². The van der Waals surface area contributed by atoms with Gasteiger partial charge in [-0.2, -0.15) is 0 Å². The van der Waals surface area contributed by atoms with Gasteiger partial charge in [0.2, 0.25) is 0 Å². The van der Waals surface area contributed by atoms with E-state index in [0.29, 0.717) is 12.3 Å². The monoisotopic (exact) mass is 243 g/mol. The topological polar surface area (TPSA) is 49.8 Å². The lowest BCUT2D eigenvalue weighted by atomic mass is 10.1. The number of carbonyl (C=O) groups is 1. The minimum atomic E-state index is -0.895. The Morgan fingerprint density at radius 2 is 1.94 bits per heavy atom. The van der Waals surface area contributed by atoms with Crippen LogP contribution in [0.15, 0.2) is 36.4 Å². The molecule has 1 aliphatic rings. The number of hydrogen-bond acceptors (Lipinski definition) is 3. The van der Waals surface area contributed by atoms with Crippen LogP contribution in [0, 0.1) is 0 Å². The Morgan fingerprint density at radius 1 is 1.17 bits per heavy atom. The first kappa shape index (κ1) is 11.0. The number of aromatic carboxylic acids is 1. The number of fused-ring (bicyclic) bond motifs is 1. The summed E-state index contributed by atoms with van der Waals surface area (Å²) in [5.74, 6) is -0.895. The number of rotatable bonds is 2. The molecule has 0 spiro atoms. The van der Waals surface area contributed by atoms with Crippen molar-refractivity contribution in [1.29, 1.82) is 0 Å². The summed E-state index contributed by atoms with van der Waals surface area (Å²) < 4.78 is 5.32. The SMILES string of the molecule is O=C(O)c1ccc2cc(N3CCOC3)ccc2c1. The van der Waals surface area contributed by atoms with Gasteiger partial charge in [0.1, 0.15) is 6.73 Å². The predicted molar refractivity (Wildman–Crippen MR) is 69.1 cm³/mol. The van der Waals surface area contributed by atoms with E-state index in [2.05, 4.69) is 11.0 Å². The maximum absolute atomic E-state index is 10.9. The molecule has 2 aromatic carbocycles. The Hall–Kier alpha value is -2.07. The van der Waals surface area contributed by atoms with Gasteiger partial charge in [-0.1, -0.05) is 12.1 Å². The van der Waals surface area contributed by atoms with Gasteiger partial charge in [-0.3, -0.25) is 0 Å². The molecule has 1 N–H and O–H groups in total. The molecule has 0 saturated carbocycles. The molecule has 0 atom stereocenters. The number of anilines is 1. The second-order valence-electron chi connectivity index (χ2n) is 4.35. The average molecular weight is 243 g/mol. The molecule has 2 aromatic rings. The average Bonchev–Trinajstić information content (AvgIpc) is 2.91. The van der Waals surface area contributed by atoms with E-state index in [9.17, 15) is 4.79 Å². The highest BCUT2D eigenvalue weighted by Crippen LogP contribution is 2.24. The lowest BCUT2D eigenvalue weighted by molar-refractivity contribution is 0.0697. The van der Waals surface area contributed by atoms with Crippen molar-refractivity contribution in [2.75, 3.05) is 24.8 Å². The van der Waals surface area contributed by atoms with Crippen molar-refractivity contribution in [1.82, 2.24) is 0 Å². The van der Waals surface area contributed by atoms with Gasteiger partial charge in [0, 0.05) is 12.2 Å². The van der Waals surface area contributed by atoms with Crippen molar-refractivity contribution in [3.05, 3.63) is 42.0 Å². The van der Waals surface area contributed by atoms with E-state index in [4.69, 9.17) is 9.84 Å². The maximum atomic E-state index is 10.9. The van der Waals surface area contributed by atoms with Crippen molar-refractivity contribution in [3.63, 3.8) is 0 Å². The molecule has 0 radical (unpaired) electrons. The molecule has 18 heavy (non-hydrogen) atoms. The van der Waals surface area contributed by atoms with E-state index in [0.717, 1.165) is 29.6 Å². The van der Waals surface area contributed by atoms with E-state index >= 15 is 0 Å². The van der Waals surface area contributed by atoms with Gasteiger partial charge in [-0.25, -0.2) is 4.79 Å². The molecule has 0 bridgehead atoms. The second kappa shape index (κ2) is 4.31. The van der Waals surface area contributed by atoms with Crippen molar-refractivity contribution in [2.45, 2.75) is 0 Å². The predicted octanol–water partition coefficient (Wildman–Crippen LogP) is 2.33. The Kier molecular flexibility index (Phi) is 2.64. The minimum absolute atomic E-state index is 0.319. The minimum Gasteiger partial charge on any atom is -0.478 e. The van der Waals surface area contributed by atoms with E-state index in [1.165, 1.54) is 0 Å². The molecule has 4 heteroatoms. The number of carboxylic acids is 1. The zero-order valence-corrected chi connectivity index (χ0v) is 9.80. The molecular weight excluding hydrogens is 230 g/mol. The fraction of sp³-hybridized carbons (Fsp3) is 0.214. The van der Waals surface area contributed by atoms with Crippen LogP contribution in [0.5, 0.6) is 0 Å². The van der Waals surface area contributed by atoms with E-state index in [1.807, 2.05) is 18.2 Å². The lowest BCUT2D eigenvalue weighted by Crippen LogP contribution is -2.18. The molecule has 1 fully saturated rings. The smallest absolute Gasteiger partial charge is 0.335 e. The van der Waals surface area contributed by atoms with Crippen molar-refractivity contribution < 1.29 is 14.6 Å². The van der Waals surface area contributed by atoms with Gasteiger partial charge in [0.15, 0.2) is 0 Å². The summed E-state index contributed by atoms with van der Waals surface area (Å²) in [7, 11) is 0. The standard InChI is InChI=1S/C14H13NO3/c16-14(17)12-2-1-11-8-13(4-3-10(11)7-12)15-5-6-18-9-15/h1-4,7-8H,5-6,9H2,(H,16,17). The quantitative estimate of drug-likeness (QED) is 0.879. The van der Waals surface area contributed by atoms with E-state index < -0.39 is 5.97 Å². The molecule has 1 saturated heterocycles. The van der Waals surface area contributed by atoms with Crippen LogP contribution in [0.2, 0.25) is 0 Å². The largest absolute Gasteiger partial charge is 0.478 e. The molecule has 0 aliphatic carbocycles. The molecule has 0 amide bonds. The highest BCUT2D eigenvalue weighted by atomic mass is 16.5. The maximum Gasteiger partial charge on any atom is 0.335 e. The summed E-state index contributed by atoms with van der Waals surface area (Å²) in [6.07, 6.45) is 0. The zero-order valence-electron chi connectivity index (χ0n) is 9.80. The summed E-state index contributed by atoms with van der Waals surface area (Å²) in [4.78, 5) is 13.1. The third-order valence-electron chi connectivity index (χ3n) is 3.19. The first-order valence-corrected chi connectivity index (χ1v) is 5.84. The Bertz CT molecular complexity index is 603. The van der Waals surface area contributed by atoms with Crippen LogP contribution in [0.25, 0.3) is 10.8 Å². The van der Waals surface area contributed by atoms with Crippen LogP contribution in [0.4, 0.5) is 5.69 Å². The molecule has 1 aliphatic heterocycles. The molecule has 3 rings (SSSR count). The highest BCUT2D eigenvalue weighted by molar-refractivity contribution is 5.95. The van der Waals surface area contributed by atoms with Gasteiger partial charge in [0.05, 0.1) is 12.2 Å². The van der Waals surface area contributed by atoms with Gasteiger partial charge in [0.25, 0.3) is 0 Å². The number of benzene rings is 2. The summed E-state index contributed by atoms with van der Waals surface area (Å²) >= 11 is 0. The molecular formula is C14H13NO3. The summed E-state index contributed by atoms with van der Waals surface area (Å²) in [6, 6.07) is 11.2. The number of carboxylic acid groups (broad SMARTS) is 1. The summed E-state index contributed by atoms with van der Waals surface area (Å²) in [5.41, 5.74) is 1.43. The third kappa shape index (κ3) is 1.91. The molecule has 4 nitrogen and oxygen atoms in total. The van der Waals surface area contributed by atoms with Crippen molar-refractivity contribution >= 4 is 22.4 Å². The van der Waals surface area contributed by atoms with Crippen LogP contribution in [0.1, 0.15) is 10.4 Å². The molecule has 92 valence electrons. The first-order chi connectivity index (χ1) is 8.74. The van der Waals surface area contributed by atoms with Gasteiger partial charge >= 0.3 is 5.97 Å². The number of nitrogens with zero attached hydrogens (tertiary/aromatic N) is 1. The van der Waals surface area contributed by atoms with E-state index in [1.54, 1.807) is 12.1 Å². The van der Waals surface area contributed by atoms with Gasteiger partial charge < -0.3 is 14.7 Å². The van der Waals surface area contributed by atoms with Crippen LogP contribution in [-0.2, 0) is 4.74 Å². The Labute approximate surface area is 104 Å². The highest BCUT2D eigenvalue weighted by Gasteiger charge is 2.13. The molecule has 0 unspecified atom stereocenters. The van der Waals surface area contributed by atoms with Gasteiger partial charge in [-0.05, 0) is 35.0 Å². The Morgan fingerprint density at radius 3 is 2.67 bits per heavy atom. The number of hydrogen-bond donors (Lipinski definition) is 1. The summed E-state index contributed by atoms with van der Waals surface area (Å²) in [5, 5.41) is 10.9. The van der Waals surface area contributed by atoms with Crippen LogP contribution < -0.4 is 4.90 Å². The van der Waals surface area contributed by atoms with Crippen LogP contribution in [-0.4, -0.2) is 31.0 Å². The van der Waals surface area contributed by atoms with Crippen LogP contribution in [0.3, 0.4) is 0 Å². The Balaban J connectivity index is 2.02. The summed E-state index contributed by atoms with van der Waals surface area (Å²) in [6.45, 7) is 2.29. The molecule has 0 aromatic heterocycles. The van der Waals surface area contributed by atoms with Gasteiger partial charge in [-0.15, -0.1) is 0 Å². The first-order valence-electron chi connectivity index (χ1n) is 5.84. The van der Waals surface area contributed by atoms with Crippen molar-refractivity contribution in [3.8, 4) is 0 Å². The molecule has 1 heterocycles. The third-order valence-corrected chi connectivity index (χ3v) is 3.19. The normalized spacial score (nSPS) is 15.2. The number of ether oxygens (including phenoxy) is 1. The fourth-order valence-electron chi connectivity index (χ4n) is 2.18. The zero-order chi connectivity index (χ0) is 12.5. The second-order valence-corrected chi connectivity index (χ2v) is 4.35.